The minimum atomic E-state index is -1.08. The van der Waals surface area contributed by atoms with Crippen LogP contribution in [-0.2, 0) is 6.54 Å². The summed E-state index contributed by atoms with van der Waals surface area (Å²) in [5.41, 5.74) is 0.493. The molecule has 3 aromatic rings. The molecule has 0 unspecified atom stereocenters. The number of hydrogen-bond acceptors (Lipinski definition) is 4. The lowest BCUT2D eigenvalue weighted by molar-refractivity contribution is 0.0698. The van der Waals surface area contributed by atoms with Gasteiger partial charge >= 0.3 is 5.97 Å². The number of unbranched alkanes of at least 4 members (excludes halogenated alkanes) is 3. The normalized spacial score (nSPS) is 10.9. The Morgan fingerprint density at radius 3 is 2.46 bits per heavy atom. The first-order valence-corrected chi connectivity index (χ1v) is 10.0. The summed E-state index contributed by atoms with van der Waals surface area (Å²) in [5.74, 6) is -1.14. The van der Waals surface area contributed by atoms with Crippen LogP contribution in [0.15, 0.2) is 53.3 Å². The van der Waals surface area contributed by atoms with Crippen molar-refractivity contribution < 1.29 is 14.7 Å². The van der Waals surface area contributed by atoms with Gasteiger partial charge in [-0.25, -0.2) is 4.79 Å². The van der Waals surface area contributed by atoms with E-state index in [1.54, 1.807) is 28.2 Å². The Labute approximate surface area is 166 Å². The molecule has 1 amide bonds. The topological polar surface area (TPSA) is 88.4 Å². The van der Waals surface area contributed by atoms with E-state index in [9.17, 15) is 19.5 Å². The first-order chi connectivity index (χ1) is 13.6. The van der Waals surface area contributed by atoms with Crippen LogP contribution in [0.2, 0.25) is 0 Å². The summed E-state index contributed by atoms with van der Waals surface area (Å²) in [6.45, 7) is 1.20. The van der Waals surface area contributed by atoms with E-state index in [0.29, 0.717) is 28.7 Å². The van der Waals surface area contributed by atoms with Gasteiger partial charge in [0.05, 0.1) is 15.6 Å². The maximum absolute atomic E-state index is 12.5. The number of amides is 1. The zero-order valence-electron chi connectivity index (χ0n) is 15.4. The Balaban J connectivity index is 1.43. The van der Waals surface area contributed by atoms with Crippen molar-refractivity contribution in [2.24, 2.45) is 0 Å². The number of carboxylic acid groups (broad SMARTS) is 1. The summed E-state index contributed by atoms with van der Waals surface area (Å²) in [6.07, 6.45) is 3.60. The Morgan fingerprint density at radius 1 is 0.964 bits per heavy atom. The molecule has 0 aliphatic heterocycles. The maximum Gasteiger partial charge on any atom is 0.336 e. The lowest BCUT2D eigenvalue weighted by atomic mass is 10.1. The van der Waals surface area contributed by atoms with E-state index in [0.717, 1.165) is 25.7 Å². The van der Waals surface area contributed by atoms with E-state index in [2.05, 4.69) is 5.32 Å². The molecule has 0 atom stereocenters. The van der Waals surface area contributed by atoms with E-state index >= 15 is 0 Å². The number of carboxylic acids is 1. The number of rotatable bonds is 9. The first-order valence-electron chi connectivity index (χ1n) is 9.27. The zero-order valence-corrected chi connectivity index (χ0v) is 16.2. The highest BCUT2D eigenvalue weighted by Crippen LogP contribution is 2.21. The van der Waals surface area contributed by atoms with E-state index in [1.165, 1.54) is 17.6 Å². The molecule has 0 radical (unpaired) electrons. The van der Waals surface area contributed by atoms with Crippen molar-refractivity contribution in [3.8, 4) is 0 Å². The number of aromatic carboxylic acids is 1. The van der Waals surface area contributed by atoms with Gasteiger partial charge in [0.25, 0.3) is 11.5 Å². The second-order valence-electron chi connectivity index (χ2n) is 6.52. The van der Waals surface area contributed by atoms with Crippen LogP contribution in [0.4, 0.5) is 0 Å². The molecule has 0 aliphatic rings. The van der Waals surface area contributed by atoms with Crippen LogP contribution in [0, 0.1) is 0 Å². The summed E-state index contributed by atoms with van der Waals surface area (Å²) in [7, 11) is 0. The van der Waals surface area contributed by atoms with Gasteiger partial charge in [-0.1, -0.05) is 48.6 Å². The highest BCUT2D eigenvalue weighted by Gasteiger charge is 2.15. The number of benzene rings is 2. The molecule has 0 fully saturated rings. The van der Waals surface area contributed by atoms with E-state index in [4.69, 9.17) is 0 Å². The molecule has 2 N–H and O–H groups in total. The van der Waals surface area contributed by atoms with E-state index < -0.39 is 5.97 Å². The summed E-state index contributed by atoms with van der Waals surface area (Å²) < 4.78 is 2.34. The molecule has 1 aromatic heterocycles. The monoisotopic (exact) mass is 398 g/mol. The van der Waals surface area contributed by atoms with E-state index in [1.807, 2.05) is 18.2 Å². The highest BCUT2D eigenvalue weighted by molar-refractivity contribution is 7.13. The van der Waals surface area contributed by atoms with Crippen LogP contribution in [-0.4, -0.2) is 27.5 Å². The molecule has 2 aromatic carbocycles. The first kappa shape index (κ1) is 19.8. The molecule has 146 valence electrons. The van der Waals surface area contributed by atoms with Crippen molar-refractivity contribution in [1.29, 1.82) is 0 Å². The standard InChI is InChI=1S/C21H22N2O4S/c24-19(15-9-4-3-5-10-15)22-13-6-1-2-7-14-23-20(25)18-16(21(26)27)11-8-12-17(18)28-23/h3-5,8-12H,1-2,6-7,13-14H2,(H,22,24)(H,26,27). The van der Waals surface area contributed by atoms with Gasteiger partial charge in [0.1, 0.15) is 0 Å². The van der Waals surface area contributed by atoms with Crippen LogP contribution >= 0.6 is 11.5 Å². The van der Waals surface area contributed by atoms with Gasteiger partial charge in [-0.2, -0.15) is 0 Å². The van der Waals surface area contributed by atoms with Crippen molar-refractivity contribution in [3.63, 3.8) is 0 Å². The zero-order chi connectivity index (χ0) is 19.9. The number of aromatic nitrogens is 1. The summed E-state index contributed by atoms with van der Waals surface area (Å²) in [6, 6.07) is 14.0. The van der Waals surface area contributed by atoms with Crippen LogP contribution in [0.1, 0.15) is 46.4 Å². The van der Waals surface area contributed by atoms with E-state index in [-0.39, 0.29) is 17.0 Å². The number of nitrogens with zero attached hydrogens (tertiary/aromatic N) is 1. The second-order valence-corrected chi connectivity index (χ2v) is 7.58. The molecule has 0 aliphatic carbocycles. The number of carbonyl (C=O) groups excluding carboxylic acids is 1. The number of carbonyl (C=O) groups is 2. The van der Waals surface area contributed by atoms with Crippen molar-refractivity contribution in [3.05, 3.63) is 70.0 Å². The molecule has 1 heterocycles. The second kappa shape index (κ2) is 9.32. The van der Waals surface area contributed by atoms with Crippen molar-refractivity contribution in [2.75, 3.05) is 6.54 Å². The SMILES string of the molecule is O=C(NCCCCCCn1sc2cccc(C(=O)O)c2c1=O)c1ccccc1. The fourth-order valence-corrected chi connectivity index (χ4v) is 4.13. The molecule has 0 saturated heterocycles. The Morgan fingerprint density at radius 2 is 1.71 bits per heavy atom. The molecule has 0 saturated carbocycles. The Bertz CT molecular complexity index is 1020. The van der Waals surface area contributed by atoms with Crippen LogP contribution in [0.5, 0.6) is 0 Å². The minimum absolute atomic E-state index is 0.0617. The Hall–Kier alpha value is -2.93. The quantitative estimate of drug-likeness (QED) is 0.537. The average Bonchev–Trinajstić information content (AvgIpc) is 3.03. The molecular weight excluding hydrogens is 376 g/mol. The van der Waals surface area contributed by atoms with Gasteiger partial charge in [-0.3, -0.25) is 13.5 Å². The average molecular weight is 398 g/mol. The maximum atomic E-state index is 12.5. The van der Waals surface area contributed by atoms with Crippen molar-refractivity contribution in [2.45, 2.75) is 32.2 Å². The van der Waals surface area contributed by atoms with Gasteiger partial charge in [0.15, 0.2) is 0 Å². The molecule has 0 bridgehead atoms. The fraction of sp³-hybridized carbons (Fsp3) is 0.286. The van der Waals surface area contributed by atoms with Crippen LogP contribution < -0.4 is 10.9 Å². The summed E-state index contributed by atoms with van der Waals surface area (Å²) in [5, 5.41) is 12.4. The number of aryl methyl sites for hydroxylation is 1. The molecular formula is C21H22N2O4S. The van der Waals surface area contributed by atoms with Crippen molar-refractivity contribution in [1.82, 2.24) is 9.27 Å². The predicted molar refractivity (Wildman–Crippen MR) is 110 cm³/mol. The minimum Gasteiger partial charge on any atom is -0.478 e. The lowest BCUT2D eigenvalue weighted by Crippen LogP contribution is -2.24. The van der Waals surface area contributed by atoms with Gasteiger partial charge < -0.3 is 10.4 Å². The molecule has 28 heavy (non-hydrogen) atoms. The largest absolute Gasteiger partial charge is 0.478 e. The van der Waals surface area contributed by atoms with Crippen LogP contribution in [0.25, 0.3) is 10.1 Å². The predicted octanol–water partition coefficient (Wildman–Crippen LogP) is 3.75. The molecule has 7 heteroatoms. The van der Waals surface area contributed by atoms with Gasteiger partial charge in [-0.05, 0) is 37.1 Å². The smallest absolute Gasteiger partial charge is 0.336 e. The molecule has 3 rings (SSSR count). The van der Waals surface area contributed by atoms with Gasteiger partial charge in [0.2, 0.25) is 0 Å². The van der Waals surface area contributed by atoms with Crippen molar-refractivity contribution >= 4 is 33.5 Å². The third-order valence-corrected chi connectivity index (χ3v) is 5.62. The fourth-order valence-electron chi connectivity index (χ4n) is 3.07. The number of fused-ring (bicyclic) bond motifs is 1. The summed E-state index contributed by atoms with van der Waals surface area (Å²) >= 11 is 1.31. The summed E-state index contributed by atoms with van der Waals surface area (Å²) in [4.78, 5) is 35.7. The lowest BCUT2D eigenvalue weighted by Gasteiger charge is -2.05. The third-order valence-electron chi connectivity index (χ3n) is 4.52. The van der Waals surface area contributed by atoms with Crippen LogP contribution in [0.3, 0.4) is 0 Å². The molecule has 0 spiro atoms. The van der Waals surface area contributed by atoms with Gasteiger partial charge in [0, 0.05) is 18.7 Å². The molecule has 6 nitrogen and oxygen atoms in total. The number of nitrogens with one attached hydrogen (secondary N) is 1. The van der Waals surface area contributed by atoms with Gasteiger partial charge in [-0.15, -0.1) is 0 Å². The Kier molecular flexibility index (Phi) is 6.60. The highest BCUT2D eigenvalue weighted by atomic mass is 32.1. The number of hydrogen-bond donors (Lipinski definition) is 2. The third kappa shape index (κ3) is 4.67.